The van der Waals surface area contributed by atoms with Gasteiger partial charge in [0.25, 0.3) is 11.6 Å². The van der Waals surface area contributed by atoms with Crippen LogP contribution in [0.15, 0.2) is 18.2 Å². The number of nitro benzene ring substituents is 1. The van der Waals surface area contributed by atoms with Crippen LogP contribution < -0.4 is 5.32 Å². The van der Waals surface area contributed by atoms with Crippen molar-refractivity contribution in [3.8, 4) is 0 Å². The lowest BCUT2D eigenvalue weighted by Gasteiger charge is -2.25. The van der Waals surface area contributed by atoms with Crippen molar-refractivity contribution in [1.29, 1.82) is 0 Å². The van der Waals surface area contributed by atoms with Crippen molar-refractivity contribution in [2.24, 2.45) is 0 Å². The predicted octanol–water partition coefficient (Wildman–Crippen LogP) is 3.00. The van der Waals surface area contributed by atoms with Crippen LogP contribution in [0.3, 0.4) is 0 Å². The number of benzene rings is 1. The molecule has 19 heavy (non-hydrogen) atoms. The minimum absolute atomic E-state index is 0.143. The molecule has 1 rings (SSSR count). The zero-order valence-corrected chi connectivity index (χ0v) is 11.7. The molecule has 0 aliphatic carbocycles. The Morgan fingerprint density at radius 3 is 2.68 bits per heavy atom. The number of nitrogens with one attached hydrogen (secondary N) is 1. The van der Waals surface area contributed by atoms with Gasteiger partial charge in [0.15, 0.2) is 0 Å². The zero-order chi connectivity index (χ0) is 14.6. The quantitative estimate of drug-likeness (QED) is 0.666. The van der Waals surface area contributed by atoms with Crippen molar-refractivity contribution in [1.82, 2.24) is 0 Å². The van der Waals surface area contributed by atoms with E-state index in [4.69, 9.17) is 16.3 Å². The number of nitrogens with zero attached hydrogens (tertiary/aromatic N) is 1. The van der Waals surface area contributed by atoms with E-state index in [9.17, 15) is 14.9 Å². The maximum absolute atomic E-state index is 12.1. The number of hydrogen-bond donors (Lipinski definition) is 1. The number of amides is 1. The molecule has 0 bridgehead atoms. The molecule has 1 amide bonds. The highest BCUT2D eigenvalue weighted by Gasteiger charge is 2.31. The van der Waals surface area contributed by atoms with Crippen LogP contribution in [0.4, 0.5) is 11.4 Å². The second-order valence-electron chi connectivity index (χ2n) is 4.16. The maximum atomic E-state index is 12.1. The monoisotopic (exact) mass is 286 g/mol. The minimum Gasteiger partial charge on any atom is -0.369 e. The van der Waals surface area contributed by atoms with Gasteiger partial charge >= 0.3 is 0 Å². The first kappa shape index (κ1) is 15.4. The summed E-state index contributed by atoms with van der Waals surface area (Å²) in [6, 6.07) is 3.85. The van der Waals surface area contributed by atoms with Crippen molar-refractivity contribution < 1.29 is 14.5 Å². The molecule has 1 aromatic rings. The first-order valence-electron chi connectivity index (χ1n) is 5.64. The Hall–Kier alpha value is -1.66. The first-order valence-corrected chi connectivity index (χ1v) is 6.02. The standard InChI is InChI=1S/C12H15ClN2O4/c1-4-12(2,19-3)11(16)14-10-7-8(15(17)18)5-6-9(10)13/h5-7H,4H2,1-3H3,(H,14,16). The van der Waals surface area contributed by atoms with E-state index in [0.29, 0.717) is 6.42 Å². The van der Waals surface area contributed by atoms with Crippen molar-refractivity contribution in [3.05, 3.63) is 33.3 Å². The van der Waals surface area contributed by atoms with Gasteiger partial charge in [-0.2, -0.15) is 0 Å². The van der Waals surface area contributed by atoms with Crippen LogP contribution in [0.25, 0.3) is 0 Å². The molecule has 0 fully saturated rings. The van der Waals surface area contributed by atoms with Gasteiger partial charge in [-0.1, -0.05) is 18.5 Å². The maximum Gasteiger partial charge on any atom is 0.271 e. The summed E-state index contributed by atoms with van der Waals surface area (Å²) in [7, 11) is 1.43. The van der Waals surface area contributed by atoms with Gasteiger partial charge in [-0.15, -0.1) is 0 Å². The Kier molecular flexibility index (Phi) is 4.85. The van der Waals surface area contributed by atoms with Crippen LogP contribution in [0, 0.1) is 10.1 Å². The lowest BCUT2D eigenvalue weighted by atomic mass is 10.0. The van der Waals surface area contributed by atoms with Crippen LogP contribution in [-0.4, -0.2) is 23.5 Å². The molecule has 0 heterocycles. The summed E-state index contributed by atoms with van der Waals surface area (Å²) >= 11 is 5.90. The molecular formula is C12H15ClN2O4. The molecule has 0 aliphatic heterocycles. The molecule has 0 spiro atoms. The normalized spacial score (nSPS) is 13.7. The largest absolute Gasteiger partial charge is 0.369 e. The Labute approximate surface area is 115 Å². The van der Waals surface area contributed by atoms with E-state index >= 15 is 0 Å². The fourth-order valence-electron chi connectivity index (χ4n) is 1.37. The second kappa shape index (κ2) is 5.99. The van der Waals surface area contributed by atoms with Gasteiger partial charge in [0, 0.05) is 19.2 Å². The molecule has 6 nitrogen and oxygen atoms in total. The molecule has 1 aromatic carbocycles. The lowest BCUT2D eigenvalue weighted by molar-refractivity contribution is -0.384. The first-order chi connectivity index (χ1) is 8.84. The molecule has 1 atom stereocenters. The molecule has 0 saturated heterocycles. The highest BCUT2D eigenvalue weighted by atomic mass is 35.5. The Bertz CT molecular complexity index is 501. The van der Waals surface area contributed by atoms with E-state index < -0.39 is 16.4 Å². The molecule has 1 N–H and O–H groups in total. The number of hydrogen-bond acceptors (Lipinski definition) is 4. The summed E-state index contributed by atoms with van der Waals surface area (Å²) in [5.74, 6) is -0.403. The van der Waals surface area contributed by atoms with Gasteiger partial charge in [-0.3, -0.25) is 14.9 Å². The van der Waals surface area contributed by atoms with Crippen molar-refractivity contribution in [2.75, 3.05) is 12.4 Å². The van der Waals surface area contributed by atoms with Crippen LogP contribution in [0.5, 0.6) is 0 Å². The molecule has 0 radical (unpaired) electrons. The number of methoxy groups -OCH3 is 1. The average molecular weight is 287 g/mol. The van der Waals surface area contributed by atoms with E-state index in [2.05, 4.69) is 5.32 Å². The Balaban J connectivity index is 3.02. The topological polar surface area (TPSA) is 81.5 Å². The van der Waals surface area contributed by atoms with Gasteiger partial charge in [0.2, 0.25) is 0 Å². The van der Waals surface area contributed by atoms with E-state index in [1.807, 2.05) is 0 Å². The Morgan fingerprint density at radius 2 is 2.21 bits per heavy atom. The highest BCUT2D eigenvalue weighted by molar-refractivity contribution is 6.33. The number of anilines is 1. The number of carbonyl (C=O) groups is 1. The minimum atomic E-state index is -1.01. The van der Waals surface area contributed by atoms with Gasteiger partial charge in [-0.05, 0) is 19.4 Å². The van der Waals surface area contributed by atoms with Gasteiger partial charge < -0.3 is 10.1 Å². The van der Waals surface area contributed by atoms with E-state index in [1.54, 1.807) is 13.8 Å². The van der Waals surface area contributed by atoms with Gasteiger partial charge in [0.05, 0.1) is 15.6 Å². The third kappa shape index (κ3) is 3.42. The second-order valence-corrected chi connectivity index (χ2v) is 4.57. The van der Waals surface area contributed by atoms with Crippen molar-refractivity contribution in [3.63, 3.8) is 0 Å². The SMILES string of the molecule is CCC(C)(OC)C(=O)Nc1cc([N+](=O)[O-])ccc1Cl. The van der Waals surface area contributed by atoms with Gasteiger partial charge in [-0.25, -0.2) is 0 Å². The predicted molar refractivity (Wildman–Crippen MR) is 72.4 cm³/mol. The average Bonchev–Trinajstić information content (AvgIpc) is 2.39. The fraction of sp³-hybridized carbons (Fsp3) is 0.417. The number of halogens is 1. The molecule has 0 saturated carbocycles. The number of non-ortho nitro benzene ring substituents is 1. The molecular weight excluding hydrogens is 272 g/mol. The zero-order valence-electron chi connectivity index (χ0n) is 10.9. The summed E-state index contributed by atoms with van der Waals surface area (Å²) < 4.78 is 5.15. The summed E-state index contributed by atoms with van der Waals surface area (Å²) in [4.78, 5) is 22.2. The van der Waals surface area contributed by atoms with Crippen molar-refractivity contribution in [2.45, 2.75) is 25.9 Å². The molecule has 1 unspecified atom stereocenters. The van der Waals surface area contributed by atoms with Crippen molar-refractivity contribution >= 4 is 28.9 Å². The van der Waals surface area contributed by atoms with Gasteiger partial charge in [0.1, 0.15) is 5.60 Å². The number of nitro groups is 1. The summed E-state index contributed by atoms with van der Waals surface area (Å²) in [6.07, 6.45) is 0.460. The lowest BCUT2D eigenvalue weighted by Crippen LogP contribution is -2.41. The Morgan fingerprint density at radius 1 is 1.58 bits per heavy atom. The number of ether oxygens (including phenoxy) is 1. The number of carbonyl (C=O) groups excluding carboxylic acids is 1. The molecule has 0 aromatic heterocycles. The summed E-state index contributed by atoms with van der Waals surface area (Å²) in [5.41, 5.74) is -0.957. The van der Waals surface area contributed by atoms with Crippen LogP contribution in [-0.2, 0) is 9.53 Å². The summed E-state index contributed by atoms with van der Waals surface area (Å²) in [6.45, 7) is 3.44. The summed E-state index contributed by atoms with van der Waals surface area (Å²) in [5, 5.41) is 13.5. The fourth-order valence-corrected chi connectivity index (χ4v) is 1.54. The highest BCUT2D eigenvalue weighted by Crippen LogP contribution is 2.28. The molecule has 0 aliphatic rings. The van der Waals surface area contributed by atoms with Crippen LogP contribution in [0.2, 0.25) is 5.02 Å². The molecule has 7 heteroatoms. The van der Waals surface area contributed by atoms with E-state index in [1.165, 1.54) is 25.3 Å². The third-order valence-corrected chi connectivity index (χ3v) is 3.34. The van der Waals surface area contributed by atoms with Crippen LogP contribution in [0.1, 0.15) is 20.3 Å². The molecule has 104 valence electrons. The smallest absolute Gasteiger partial charge is 0.271 e. The van der Waals surface area contributed by atoms with E-state index in [-0.39, 0.29) is 16.4 Å². The number of rotatable bonds is 5. The van der Waals surface area contributed by atoms with Crippen LogP contribution >= 0.6 is 11.6 Å². The van der Waals surface area contributed by atoms with E-state index in [0.717, 1.165) is 0 Å². The third-order valence-electron chi connectivity index (χ3n) is 3.01.